The standard InChI is InChI=1S/C31H52N2O3/c1-19-9-14-31(35-18-19)20(2)28-26(36-31)16-25-23-8-7-21-15-22(32-27(34)17-33(5)6)10-12-29(21,3)24(23)11-13-30(25,28)4/h19-26,28H,7-18H2,1-6H3,(H,32,34)/t19-,20+,21+,22+,23-,24+,25+,26+,28+,29+,30+,31-/m1/s1. The second-order valence-electron chi connectivity index (χ2n) is 15.0. The van der Waals surface area contributed by atoms with Crippen LogP contribution in [0.2, 0.25) is 0 Å². The van der Waals surface area contributed by atoms with Gasteiger partial charge in [-0.15, -0.1) is 0 Å². The lowest BCUT2D eigenvalue weighted by atomic mass is 9.44. The van der Waals surface area contributed by atoms with Gasteiger partial charge in [0.2, 0.25) is 5.91 Å². The van der Waals surface area contributed by atoms with Crippen molar-refractivity contribution in [2.75, 3.05) is 27.2 Å². The molecule has 1 spiro atoms. The average molecular weight is 501 g/mol. The van der Waals surface area contributed by atoms with Crippen LogP contribution in [0.4, 0.5) is 0 Å². The summed E-state index contributed by atoms with van der Waals surface area (Å²) in [6.45, 7) is 11.4. The second-order valence-corrected chi connectivity index (χ2v) is 15.0. The fourth-order valence-corrected chi connectivity index (χ4v) is 11.0. The highest BCUT2D eigenvalue weighted by atomic mass is 16.7. The summed E-state index contributed by atoms with van der Waals surface area (Å²) in [5.74, 6) is 5.00. The van der Waals surface area contributed by atoms with E-state index in [9.17, 15) is 4.79 Å². The predicted molar refractivity (Wildman–Crippen MR) is 142 cm³/mol. The Morgan fingerprint density at radius 2 is 1.72 bits per heavy atom. The van der Waals surface area contributed by atoms with Crippen LogP contribution in [0.1, 0.15) is 91.9 Å². The highest BCUT2D eigenvalue weighted by Gasteiger charge is 2.69. The van der Waals surface area contributed by atoms with Gasteiger partial charge in [-0.05, 0) is 118 Å². The molecule has 2 saturated heterocycles. The lowest BCUT2D eigenvalue weighted by Gasteiger charge is -2.61. The summed E-state index contributed by atoms with van der Waals surface area (Å²) in [6.07, 6.45) is 13.1. The summed E-state index contributed by atoms with van der Waals surface area (Å²) in [6, 6.07) is 0.371. The number of ether oxygens (including phenoxy) is 2. The van der Waals surface area contributed by atoms with Gasteiger partial charge < -0.3 is 19.7 Å². The van der Waals surface area contributed by atoms with Crippen molar-refractivity contribution in [1.29, 1.82) is 0 Å². The minimum Gasteiger partial charge on any atom is -0.352 e. The molecule has 0 aromatic heterocycles. The molecule has 2 aliphatic heterocycles. The first-order valence-corrected chi connectivity index (χ1v) is 15.3. The highest BCUT2D eigenvalue weighted by Crippen LogP contribution is 2.71. The number of rotatable bonds is 3. The van der Waals surface area contributed by atoms with Gasteiger partial charge in [0.05, 0.1) is 19.3 Å². The molecule has 0 radical (unpaired) electrons. The smallest absolute Gasteiger partial charge is 0.234 e. The largest absolute Gasteiger partial charge is 0.352 e. The molecule has 6 rings (SSSR count). The Morgan fingerprint density at radius 3 is 2.44 bits per heavy atom. The Morgan fingerprint density at radius 1 is 0.944 bits per heavy atom. The number of hydrogen-bond donors (Lipinski definition) is 1. The maximum atomic E-state index is 12.4. The Kier molecular flexibility index (Phi) is 6.37. The summed E-state index contributed by atoms with van der Waals surface area (Å²) in [5.41, 5.74) is 0.850. The van der Waals surface area contributed by atoms with E-state index < -0.39 is 0 Å². The number of likely N-dealkylation sites (N-methyl/N-ethyl adjacent to an activating group) is 1. The van der Waals surface area contributed by atoms with Gasteiger partial charge in [-0.1, -0.05) is 27.7 Å². The third kappa shape index (κ3) is 3.84. The molecule has 5 heteroatoms. The normalized spacial score (nSPS) is 54.0. The highest BCUT2D eigenvalue weighted by molar-refractivity contribution is 5.78. The van der Waals surface area contributed by atoms with Crippen molar-refractivity contribution in [2.45, 2.75) is 110 Å². The quantitative estimate of drug-likeness (QED) is 0.558. The number of nitrogens with one attached hydrogen (secondary N) is 1. The van der Waals surface area contributed by atoms with Gasteiger partial charge in [0, 0.05) is 18.4 Å². The topological polar surface area (TPSA) is 50.8 Å². The molecular weight excluding hydrogens is 448 g/mol. The van der Waals surface area contributed by atoms with E-state index in [0.717, 1.165) is 43.1 Å². The molecule has 36 heavy (non-hydrogen) atoms. The predicted octanol–water partition coefficient (Wildman–Crippen LogP) is 5.48. The van der Waals surface area contributed by atoms with Gasteiger partial charge >= 0.3 is 0 Å². The minimum atomic E-state index is -0.300. The number of hydrogen-bond acceptors (Lipinski definition) is 4. The Bertz CT molecular complexity index is 853. The second kappa shape index (κ2) is 8.95. The zero-order valence-corrected chi connectivity index (χ0v) is 23.9. The zero-order chi connectivity index (χ0) is 25.5. The van der Waals surface area contributed by atoms with Crippen LogP contribution in [0.3, 0.4) is 0 Å². The molecule has 12 atom stereocenters. The van der Waals surface area contributed by atoms with Gasteiger partial charge in [-0.3, -0.25) is 4.79 Å². The van der Waals surface area contributed by atoms with Crippen molar-refractivity contribution in [2.24, 2.45) is 52.3 Å². The summed E-state index contributed by atoms with van der Waals surface area (Å²) in [5, 5.41) is 3.37. The van der Waals surface area contributed by atoms with Gasteiger partial charge in [0.15, 0.2) is 5.79 Å². The van der Waals surface area contributed by atoms with Crippen molar-refractivity contribution in [3.63, 3.8) is 0 Å². The average Bonchev–Trinajstić information content (AvgIpc) is 3.26. The fraction of sp³-hybridized carbons (Fsp3) is 0.968. The Balaban J connectivity index is 1.15. The van der Waals surface area contributed by atoms with E-state index in [1.807, 2.05) is 19.0 Å². The van der Waals surface area contributed by atoms with Crippen molar-refractivity contribution in [3.8, 4) is 0 Å². The SMILES string of the molecule is C[C@@H]1CC[C@@]2(OC1)O[C@H]1C[C@H]3[C@@H]4CC[C@H]5C[C@@H](NC(=O)CN(C)C)CC[C@]5(C)[C@H]4CC[C@]3(C)[C@H]1[C@@H]2C. The molecule has 6 fully saturated rings. The molecule has 0 bridgehead atoms. The first-order valence-electron chi connectivity index (χ1n) is 15.3. The minimum absolute atomic E-state index is 0.191. The molecule has 6 aliphatic rings. The third-order valence-electron chi connectivity index (χ3n) is 12.8. The van der Waals surface area contributed by atoms with Crippen LogP contribution >= 0.6 is 0 Å². The van der Waals surface area contributed by atoms with Crippen LogP contribution < -0.4 is 5.32 Å². The molecule has 5 nitrogen and oxygen atoms in total. The van der Waals surface area contributed by atoms with Crippen LogP contribution in [-0.2, 0) is 14.3 Å². The van der Waals surface area contributed by atoms with Gasteiger partial charge in [0.25, 0.3) is 0 Å². The maximum Gasteiger partial charge on any atom is 0.234 e. The van der Waals surface area contributed by atoms with Crippen LogP contribution in [0.5, 0.6) is 0 Å². The van der Waals surface area contributed by atoms with Crippen LogP contribution in [0, 0.1) is 52.3 Å². The molecule has 2 heterocycles. The van der Waals surface area contributed by atoms with E-state index in [2.05, 4.69) is 33.0 Å². The Hall–Kier alpha value is -0.650. The summed E-state index contributed by atoms with van der Waals surface area (Å²) >= 11 is 0. The lowest BCUT2D eigenvalue weighted by Crippen LogP contribution is -2.56. The molecule has 0 unspecified atom stereocenters. The van der Waals surface area contributed by atoms with Crippen LogP contribution in [-0.4, -0.2) is 56.0 Å². The molecule has 1 amide bonds. The first kappa shape index (κ1) is 25.6. The van der Waals surface area contributed by atoms with E-state index in [4.69, 9.17) is 9.47 Å². The van der Waals surface area contributed by atoms with E-state index in [-0.39, 0.29) is 11.7 Å². The Labute approximate surface area is 219 Å². The molecule has 0 aromatic rings. The van der Waals surface area contributed by atoms with E-state index in [1.54, 1.807) is 0 Å². The number of amides is 1. The summed E-state index contributed by atoms with van der Waals surface area (Å²) in [4.78, 5) is 14.4. The van der Waals surface area contributed by atoms with E-state index in [0.29, 0.717) is 47.3 Å². The van der Waals surface area contributed by atoms with Crippen molar-refractivity contribution in [3.05, 3.63) is 0 Å². The molecule has 0 aromatic carbocycles. The molecule has 4 saturated carbocycles. The molecule has 1 N–H and O–H groups in total. The van der Waals surface area contributed by atoms with Crippen molar-refractivity contribution in [1.82, 2.24) is 10.2 Å². The molecule has 4 aliphatic carbocycles. The maximum absolute atomic E-state index is 12.4. The van der Waals surface area contributed by atoms with Crippen LogP contribution in [0.25, 0.3) is 0 Å². The number of carbonyl (C=O) groups excluding carboxylic acids is 1. The monoisotopic (exact) mass is 500 g/mol. The van der Waals surface area contributed by atoms with Crippen molar-refractivity contribution < 1.29 is 14.3 Å². The van der Waals surface area contributed by atoms with Crippen molar-refractivity contribution >= 4 is 5.91 Å². The summed E-state index contributed by atoms with van der Waals surface area (Å²) in [7, 11) is 3.95. The number of fused-ring (bicyclic) bond motifs is 7. The van der Waals surface area contributed by atoms with Gasteiger partial charge in [-0.25, -0.2) is 0 Å². The molecular formula is C31H52N2O3. The summed E-state index contributed by atoms with van der Waals surface area (Å²) < 4.78 is 13.5. The number of carbonyl (C=O) groups is 1. The van der Waals surface area contributed by atoms with Gasteiger partial charge in [-0.2, -0.15) is 0 Å². The first-order chi connectivity index (χ1) is 17.1. The van der Waals surface area contributed by atoms with E-state index >= 15 is 0 Å². The third-order valence-corrected chi connectivity index (χ3v) is 12.8. The molecule has 204 valence electrons. The number of nitrogens with zero attached hydrogens (tertiary/aromatic N) is 1. The van der Waals surface area contributed by atoms with Gasteiger partial charge in [0.1, 0.15) is 0 Å². The van der Waals surface area contributed by atoms with Crippen LogP contribution in [0.15, 0.2) is 0 Å². The lowest BCUT2D eigenvalue weighted by molar-refractivity contribution is -0.273. The fourth-order valence-electron chi connectivity index (χ4n) is 11.0. The van der Waals surface area contributed by atoms with E-state index in [1.165, 1.54) is 51.4 Å². The zero-order valence-electron chi connectivity index (χ0n) is 23.9.